The standard InChI is InChI=1S/C17H20N6O/c1-11-4-3-5-13(10-11)20-17-22-15(18)21-16(23-17)19-12-6-8-14(24-2)9-7-12/h3,5-11H,4H2,1-2H3,(H4,18,19,20,21,22,23). The Morgan fingerprint density at radius 2 is 1.79 bits per heavy atom. The van der Waals surface area contributed by atoms with E-state index in [1.165, 1.54) is 0 Å². The predicted molar refractivity (Wildman–Crippen MR) is 95.1 cm³/mol. The molecule has 3 rings (SSSR count). The van der Waals surface area contributed by atoms with Crippen LogP contribution in [0.4, 0.5) is 23.5 Å². The zero-order chi connectivity index (χ0) is 16.9. The number of hydrogen-bond donors (Lipinski definition) is 3. The van der Waals surface area contributed by atoms with Crippen molar-refractivity contribution in [1.29, 1.82) is 0 Å². The molecule has 1 aromatic carbocycles. The molecule has 0 saturated carbocycles. The molecular weight excluding hydrogens is 304 g/mol. The van der Waals surface area contributed by atoms with Gasteiger partial charge in [0.05, 0.1) is 7.11 Å². The summed E-state index contributed by atoms with van der Waals surface area (Å²) in [7, 11) is 1.63. The predicted octanol–water partition coefficient (Wildman–Crippen LogP) is 3.10. The fourth-order valence-electron chi connectivity index (χ4n) is 2.36. The van der Waals surface area contributed by atoms with E-state index in [0.717, 1.165) is 23.6 Å². The van der Waals surface area contributed by atoms with Crippen LogP contribution in [0.5, 0.6) is 5.75 Å². The molecule has 124 valence electrons. The zero-order valence-corrected chi connectivity index (χ0v) is 13.7. The lowest BCUT2D eigenvalue weighted by Crippen LogP contribution is -2.10. The van der Waals surface area contributed by atoms with Gasteiger partial charge in [-0.15, -0.1) is 0 Å². The second-order valence-corrected chi connectivity index (χ2v) is 5.56. The molecule has 0 amide bonds. The van der Waals surface area contributed by atoms with Crippen LogP contribution in [0.2, 0.25) is 0 Å². The first kappa shape index (κ1) is 15.8. The number of nitrogen functional groups attached to an aromatic ring is 1. The summed E-state index contributed by atoms with van der Waals surface area (Å²) < 4.78 is 5.14. The molecule has 0 spiro atoms. The fraction of sp³-hybridized carbons (Fsp3) is 0.235. The summed E-state index contributed by atoms with van der Waals surface area (Å²) in [6.45, 7) is 2.16. The highest BCUT2D eigenvalue weighted by Crippen LogP contribution is 2.20. The minimum Gasteiger partial charge on any atom is -0.497 e. The first-order valence-corrected chi connectivity index (χ1v) is 7.70. The molecule has 24 heavy (non-hydrogen) atoms. The van der Waals surface area contributed by atoms with Crippen LogP contribution < -0.4 is 21.1 Å². The van der Waals surface area contributed by atoms with Crippen molar-refractivity contribution in [3.05, 3.63) is 48.2 Å². The van der Waals surface area contributed by atoms with Crippen molar-refractivity contribution in [2.75, 3.05) is 23.5 Å². The van der Waals surface area contributed by atoms with Crippen LogP contribution in [0, 0.1) is 5.92 Å². The molecule has 7 nitrogen and oxygen atoms in total. The molecule has 4 N–H and O–H groups in total. The largest absolute Gasteiger partial charge is 0.497 e. The van der Waals surface area contributed by atoms with Crippen LogP contribution in [0.1, 0.15) is 13.3 Å². The third kappa shape index (κ3) is 4.01. The second-order valence-electron chi connectivity index (χ2n) is 5.56. The lowest BCUT2D eigenvalue weighted by atomic mass is 10.0. The smallest absolute Gasteiger partial charge is 0.233 e. The Balaban J connectivity index is 1.76. The molecule has 0 bridgehead atoms. The van der Waals surface area contributed by atoms with E-state index < -0.39 is 0 Å². The van der Waals surface area contributed by atoms with Gasteiger partial charge in [-0.25, -0.2) is 0 Å². The first-order valence-electron chi connectivity index (χ1n) is 7.70. The summed E-state index contributed by atoms with van der Waals surface area (Å²) in [5.41, 5.74) is 7.58. The Bertz CT molecular complexity index is 769. The van der Waals surface area contributed by atoms with Crippen LogP contribution in [0.25, 0.3) is 0 Å². The number of nitrogens with two attached hydrogens (primary N) is 1. The van der Waals surface area contributed by atoms with E-state index in [0.29, 0.717) is 17.8 Å². The highest BCUT2D eigenvalue weighted by molar-refractivity contribution is 5.57. The average Bonchev–Trinajstić information content (AvgIpc) is 2.55. The maximum absolute atomic E-state index is 5.79. The Morgan fingerprint density at radius 3 is 2.46 bits per heavy atom. The minimum absolute atomic E-state index is 0.150. The molecule has 0 aliphatic heterocycles. The number of rotatable bonds is 5. The number of benzene rings is 1. The molecule has 7 heteroatoms. The number of nitrogens with one attached hydrogen (secondary N) is 2. The van der Waals surface area contributed by atoms with Gasteiger partial charge in [-0.3, -0.25) is 0 Å². The molecule has 1 atom stereocenters. The maximum Gasteiger partial charge on any atom is 0.233 e. The Labute approximate surface area is 140 Å². The molecule has 0 saturated heterocycles. The Morgan fingerprint density at radius 1 is 1.08 bits per heavy atom. The number of aromatic nitrogens is 3. The van der Waals surface area contributed by atoms with Gasteiger partial charge in [-0.05, 0) is 42.7 Å². The van der Waals surface area contributed by atoms with E-state index in [1.54, 1.807) is 7.11 Å². The van der Waals surface area contributed by atoms with Crippen molar-refractivity contribution in [1.82, 2.24) is 15.0 Å². The zero-order valence-electron chi connectivity index (χ0n) is 13.7. The third-order valence-corrected chi connectivity index (χ3v) is 3.52. The lowest BCUT2D eigenvalue weighted by molar-refractivity contribution is 0.415. The van der Waals surface area contributed by atoms with Gasteiger partial charge in [0.25, 0.3) is 0 Å². The van der Waals surface area contributed by atoms with Crippen molar-refractivity contribution in [3.8, 4) is 5.75 Å². The summed E-state index contributed by atoms with van der Waals surface area (Å²) in [6, 6.07) is 7.45. The Kier molecular flexibility index (Phi) is 4.60. The molecule has 0 fully saturated rings. The van der Waals surface area contributed by atoms with Gasteiger partial charge in [0.2, 0.25) is 17.8 Å². The van der Waals surface area contributed by atoms with Gasteiger partial charge < -0.3 is 21.1 Å². The van der Waals surface area contributed by atoms with Gasteiger partial charge in [-0.1, -0.05) is 19.1 Å². The number of anilines is 4. The van der Waals surface area contributed by atoms with E-state index >= 15 is 0 Å². The minimum atomic E-state index is 0.150. The van der Waals surface area contributed by atoms with E-state index in [1.807, 2.05) is 30.3 Å². The van der Waals surface area contributed by atoms with Gasteiger partial charge in [0, 0.05) is 11.4 Å². The van der Waals surface area contributed by atoms with Gasteiger partial charge in [0.1, 0.15) is 5.75 Å². The molecule has 1 aliphatic carbocycles. The second kappa shape index (κ2) is 6.99. The molecule has 2 aromatic rings. The summed E-state index contributed by atoms with van der Waals surface area (Å²) >= 11 is 0. The van der Waals surface area contributed by atoms with E-state index in [9.17, 15) is 0 Å². The van der Waals surface area contributed by atoms with Crippen LogP contribution in [-0.2, 0) is 0 Å². The van der Waals surface area contributed by atoms with E-state index in [2.05, 4.69) is 44.7 Å². The van der Waals surface area contributed by atoms with Crippen molar-refractivity contribution < 1.29 is 4.74 Å². The topological polar surface area (TPSA) is 98.0 Å². The van der Waals surface area contributed by atoms with Crippen molar-refractivity contribution in [2.45, 2.75) is 13.3 Å². The molecular formula is C17H20N6O. The van der Waals surface area contributed by atoms with Gasteiger partial charge in [0.15, 0.2) is 0 Å². The number of nitrogens with zero attached hydrogens (tertiary/aromatic N) is 3. The number of methoxy groups -OCH3 is 1. The quantitative estimate of drug-likeness (QED) is 0.777. The van der Waals surface area contributed by atoms with Gasteiger partial charge in [-0.2, -0.15) is 15.0 Å². The van der Waals surface area contributed by atoms with Crippen molar-refractivity contribution >= 4 is 23.5 Å². The molecule has 1 aromatic heterocycles. The average molecular weight is 324 g/mol. The highest BCUT2D eigenvalue weighted by Gasteiger charge is 2.09. The fourth-order valence-corrected chi connectivity index (χ4v) is 2.36. The summed E-state index contributed by atoms with van der Waals surface area (Å²) in [6.07, 6.45) is 7.30. The summed E-state index contributed by atoms with van der Waals surface area (Å²) in [4.78, 5) is 12.6. The van der Waals surface area contributed by atoms with Crippen molar-refractivity contribution in [2.24, 2.45) is 5.92 Å². The van der Waals surface area contributed by atoms with Crippen LogP contribution in [0.15, 0.2) is 48.2 Å². The number of hydrogen-bond acceptors (Lipinski definition) is 7. The van der Waals surface area contributed by atoms with E-state index in [4.69, 9.17) is 10.5 Å². The van der Waals surface area contributed by atoms with E-state index in [-0.39, 0.29) is 5.95 Å². The molecule has 1 heterocycles. The first-order chi connectivity index (χ1) is 11.6. The highest BCUT2D eigenvalue weighted by atomic mass is 16.5. The molecule has 0 radical (unpaired) electrons. The normalized spacial score (nSPS) is 16.4. The maximum atomic E-state index is 5.79. The Hall–Kier alpha value is -3.09. The van der Waals surface area contributed by atoms with Gasteiger partial charge >= 0.3 is 0 Å². The third-order valence-electron chi connectivity index (χ3n) is 3.52. The molecule has 1 unspecified atom stereocenters. The monoisotopic (exact) mass is 324 g/mol. The van der Waals surface area contributed by atoms with Crippen LogP contribution >= 0.6 is 0 Å². The molecule has 1 aliphatic rings. The summed E-state index contributed by atoms with van der Waals surface area (Å²) in [5.74, 6) is 2.20. The SMILES string of the molecule is COc1ccc(Nc2nc(N)nc(NC3=CC(C)CC=C3)n2)cc1. The van der Waals surface area contributed by atoms with Crippen LogP contribution in [0.3, 0.4) is 0 Å². The van der Waals surface area contributed by atoms with Crippen molar-refractivity contribution in [3.63, 3.8) is 0 Å². The summed E-state index contributed by atoms with van der Waals surface area (Å²) in [5, 5.41) is 6.28. The van der Waals surface area contributed by atoms with Crippen LogP contribution in [-0.4, -0.2) is 22.1 Å². The number of allylic oxidation sites excluding steroid dienone is 3. The lowest BCUT2D eigenvalue weighted by Gasteiger charge is -2.14. The number of ether oxygens (including phenoxy) is 1.